The number of hydrogen-bond acceptors (Lipinski definition) is 5. The van der Waals surface area contributed by atoms with Crippen LogP contribution < -0.4 is 0 Å². The zero-order chi connectivity index (χ0) is 17.1. The minimum absolute atomic E-state index is 0.634. The summed E-state index contributed by atoms with van der Waals surface area (Å²) in [4.78, 5) is 0. The number of aryl methyl sites for hydroxylation is 2. The third-order valence-electron chi connectivity index (χ3n) is 3.66. The highest BCUT2D eigenvalue weighted by molar-refractivity contribution is 7.98. The molecule has 0 unspecified atom stereocenters. The Bertz CT molecular complexity index is 835. The van der Waals surface area contributed by atoms with Crippen LogP contribution in [-0.2, 0) is 12.3 Å². The summed E-state index contributed by atoms with van der Waals surface area (Å²) in [7, 11) is 0. The van der Waals surface area contributed by atoms with Crippen molar-refractivity contribution < 1.29 is 4.52 Å². The van der Waals surface area contributed by atoms with Crippen LogP contribution in [0.25, 0.3) is 11.4 Å². The van der Waals surface area contributed by atoms with E-state index in [-0.39, 0.29) is 0 Å². The minimum atomic E-state index is 0.634. The number of benzene rings is 1. The minimum Gasteiger partial charge on any atom is -0.361 e. The Labute approximate surface area is 149 Å². The summed E-state index contributed by atoms with van der Waals surface area (Å²) in [5.74, 6) is 2.37. The Kier molecular flexibility index (Phi) is 5.06. The first-order valence-corrected chi connectivity index (χ1v) is 8.81. The van der Waals surface area contributed by atoms with E-state index in [9.17, 15) is 0 Å². The van der Waals surface area contributed by atoms with Crippen LogP contribution in [0.4, 0.5) is 0 Å². The topological polar surface area (TPSA) is 56.7 Å². The molecule has 0 amide bonds. The predicted octanol–water partition coefficient (Wildman–Crippen LogP) is 4.68. The number of rotatable bonds is 6. The number of thioether (sulfide) groups is 1. The Morgan fingerprint density at radius 3 is 2.62 bits per heavy atom. The molecule has 0 saturated carbocycles. The summed E-state index contributed by atoms with van der Waals surface area (Å²) in [6.07, 6.45) is 1.84. The molecule has 0 aliphatic heterocycles. The van der Waals surface area contributed by atoms with Gasteiger partial charge in [-0.25, -0.2) is 0 Å². The molecular formula is C17H17ClN4OS. The molecule has 0 N–H and O–H groups in total. The summed E-state index contributed by atoms with van der Waals surface area (Å²) < 4.78 is 7.25. The van der Waals surface area contributed by atoms with Gasteiger partial charge in [0.15, 0.2) is 11.0 Å². The lowest BCUT2D eigenvalue weighted by Crippen LogP contribution is -2.01. The number of hydrogen-bond donors (Lipinski definition) is 0. The SMILES string of the molecule is C=CCn1c(SCc2c(C)noc2C)nnc1-c1ccc(Cl)cc1. The maximum absolute atomic E-state index is 5.96. The van der Waals surface area contributed by atoms with Crippen molar-refractivity contribution in [1.29, 1.82) is 0 Å². The first-order valence-electron chi connectivity index (χ1n) is 7.44. The third kappa shape index (κ3) is 3.39. The molecule has 5 nitrogen and oxygen atoms in total. The van der Waals surface area contributed by atoms with Gasteiger partial charge in [-0.1, -0.05) is 34.6 Å². The van der Waals surface area contributed by atoms with E-state index >= 15 is 0 Å². The largest absolute Gasteiger partial charge is 0.361 e. The van der Waals surface area contributed by atoms with Gasteiger partial charge >= 0.3 is 0 Å². The van der Waals surface area contributed by atoms with Gasteiger partial charge in [0.05, 0.1) is 5.69 Å². The molecular weight excluding hydrogens is 344 g/mol. The van der Waals surface area contributed by atoms with E-state index in [2.05, 4.69) is 21.9 Å². The molecule has 0 saturated heterocycles. The molecule has 124 valence electrons. The molecule has 0 fully saturated rings. The van der Waals surface area contributed by atoms with Crippen molar-refractivity contribution in [3.05, 3.63) is 59.0 Å². The number of halogens is 1. The van der Waals surface area contributed by atoms with E-state index in [4.69, 9.17) is 16.1 Å². The Morgan fingerprint density at radius 1 is 1.25 bits per heavy atom. The second-order valence-electron chi connectivity index (χ2n) is 5.30. The normalized spacial score (nSPS) is 11.0. The molecule has 0 radical (unpaired) electrons. The van der Waals surface area contributed by atoms with Gasteiger partial charge in [0, 0.05) is 28.4 Å². The van der Waals surface area contributed by atoms with Crippen LogP contribution in [0.5, 0.6) is 0 Å². The first-order chi connectivity index (χ1) is 11.6. The van der Waals surface area contributed by atoms with Crippen LogP contribution in [0.15, 0.2) is 46.6 Å². The van der Waals surface area contributed by atoms with Crippen LogP contribution >= 0.6 is 23.4 Å². The lowest BCUT2D eigenvalue weighted by atomic mass is 10.2. The summed E-state index contributed by atoms with van der Waals surface area (Å²) >= 11 is 7.57. The maximum atomic E-state index is 5.96. The lowest BCUT2D eigenvalue weighted by Gasteiger charge is -2.07. The average molecular weight is 361 g/mol. The second kappa shape index (κ2) is 7.23. The zero-order valence-corrected chi connectivity index (χ0v) is 15.1. The molecule has 1 aromatic carbocycles. The molecule has 2 aromatic heterocycles. The Balaban J connectivity index is 1.88. The van der Waals surface area contributed by atoms with E-state index in [1.807, 2.05) is 48.8 Å². The summed E-state index contributed by atoms with van der Waals surface area (Å²) in [6, 6.07) is 7.57. The van der Waals surface area contributed by atoms with E-state index < -0.39 is 0 Å². The highest BCUT2D eigenvalue weighted by Crippen LogP contribution is 2.28. The molecule has 2 heterocycles. The summed E-state index contributed by atoms with van der Waals surface area (Å²) in [5, 5.41) is 14.2. The molecule has 0 aliphatic carbocycles. The molecule has 7 heteroatoms. The Morgan fingerprint density at radius 2 is 2.00 bits per heavy atom. The van der Waals surface area contributed by atoms with Gasteiger partial charge in [-0.2, -0.15) is 0 Å². The van der Waals surface area contributed by atoms with Crippen LogP contribution in [0, 0.1) is 13.8 Å². The zero-order valence-electron chi connectivity index (χ0n) is 13.5. The van der Waals surface area contributed by atoms with E-state index in [0.29, 0.717) is 11.6 Å². The van der Waals surface area contributed by atoms with Crippen LogP contribution in [0.3, 0.4) is 0 Å². The maximum Gasteiger partial charge on any atom is 0.192 e. The first kappa shape index (κ1) is 16.8. The van der Waals surface area contributed by atoms with Crippen LogP contribution in [0.1, 0.15) is 17.0 Å². The van der Waals surface area contributed by atoms with Crippen molar-refractivity contribution in [2.45, 2.75) is 31.3 Å². The molecule has 0 spiro atoms. The van der Waals surface area contributed by atoms with Crippen LogP contribution in [0.2, 0.25) is 5.02 Å². The van der Waals surface area contributed by atoms with Crippen molar-refractivity contribution in [2.75, 3.05) is 0 Å². The Hall–Kier alpha value is -2.05. The van der Waals surface area contributed by atoms with Gasteiger partial charge in [0.25, 0.3) is 0 Å². The highest BCUT2D eigenvalue weighted by Gasteiger charge is 2.16. The van der Waals surface area contributed by atoms with Crippen molar-refractivity contribution >= 4 is 23.4 Å². The molecule has 3 rings (SSSR count). The molecule has 24 heavy (non-hydrogen) atoms. The van der Waals surface area contributed by atoms with E-state index in [1.165, 1.54) is 0 Å². The van der Waals surface area contributed by atoms with E-state index in [0.717, 1.165) is 39.3 Å². The van der Waals surface area contributed by atoms with Crippen molar-refractivity contribution in [2.24, 2.45) is 0 Å². The van der Waals surface area contributed by atoms with E-state index in [1.54, 1.807) is 11.8 Å². The molecule has 0 atom stereocenters. The molecule has 0 aliphatic rings. The fraction of sp³-hybridized carbons (Fsp3) is 0.235. The van der Waals surface area contributed by atoms with Gasteiger partial charge in [-0.05, 0) is 38.1 Å². The van der Waals surface area contributed by atoms with Gasteiger partial charge in [-0.3, -0.25) is 4.57 Å². The standard InChI is InChI=1S/C17H17ClN4OS/c1-4-9-22-16(13-5-7-14(18)8-6-13)19-20-17(22)24-10-15-11(2)21-23-12(15)3/h4-8H,1,9-10H2,2-3H3. The second-order valence-corrected chi connectivity index (χ2v) is 6.68. The van der Waals surface area contributed by atoms with Gasteiger partial charge in [-0.15, -0.1) is 16.8 Å². The molecule has 3 aromatic rings. The smallest absolute Gasteiger partial charge is 0.192 e. The monoisotopic (exact) mass is 360 g/mol. The quantitative estimate of drug-likeness (QED) is 0.471. The summed E-state index contributed by atoms with van der Waals surface area (Å²) in [5.41, 5.74) is 2.98. The van der Waals surface area contributed by atoms with Crippen molar-refractivity contribution in [1.82, 2.24) is 19.9 Å². The number of allylic oxidation sites excluding steroid dienone is 1. The summed E-state index contributed by atoms with van der Waals surface area (Å²) in [6.45, 7) is 8.33. The fourth-order valence-corrected chi connectivity index (χ4v) is 3.57. The van der Waals surface area contributed by atoms with Gasteiger partial charge in [0.1, 0.15) is 5.76 Å². The van der Waals surface area contributed by atoms with Gasteiger partial charge < -0.3 is 4.52 Å². The lowest BCUT2D eigenvalue weighted by molar-refractivity contribution is 0.392. The molecule has 0 bridgehead atoms. The third-order valence-corrected chi connectivity index (χ3v) is 4.90. The number of aromatic nitrogens is 4. The van der Waals surface area contributed by atoms with Gasteiger partial charge in [0.2, 0.25) is 0 Å². The average Bonchev–Trinajstić information content (AvgIpc) is 3.11. The van der Waals surface area contributed by atoms with Crippen LogP contribution in [-0.4, -0.2) is 19.9 Å². The number of nitrogens with zero attached hydrogens (tertiary/aromatic N) is 4. The highest BCUT2D eigenvalue weighted by atomic mass is 35.5. The fourth-order valence-electron chi connectivity index (χ4n) is 2.35. The van der Waals surface area contributed by atoms with Crippen molar-refractivity contribution in [3.8, 4) is 11.4 Å². The predicted molar refractivity (Wildman–Crippen MR) is 96.2 cm³/mol. The van der Waals surface area contributed by atoms with Crippen molar-refractivity contribution in [3.63, 3.8) is 0 Å².